The lowest BCUT2D eigenvalue weighted by atomic mass is 9.66. The van der Waals surface area contributed by atoms with E-state index in [9.17, 15) is 19.5 Å². The largest absolute Gasteiger partial charge is 0.467 e. The fraction of sp³-hybridized carbons (Fsp3) is 0.625. The third-order valence-corrected chi connectivity index (χ3v) is 6.68. The second-order valence-electron chi connectivity index (χ2n) is 10.2. The predicted octanol–water partition coefficient (Wildman–Crippen LogP) is 3.06. The Bertz CT molecular complexity index is 885. The maximum Gasteiger partial charge on any atom is 0.331 e. The number of hydrogen-bond donors (Lipinski definition) is 3. The van der Waals surface area contributed by atoms with Crippen LogP contribution in [-0.2, 0) is 19.9 Å². The number of likely N-dealkylation sites (tertiary alicyclic amines) is 1. The molecule has 3 N–H and O–H groups in total. The first-order valence-electron chi connectivity index (χ1n) is 11.1. The van der Waals surface area contributed by atoms with Gasteiger partial charge >= 0.3 is 12.0 Å². The van der Waals surface area contributed by atoms with Gasteiger partial charge in [0.2, 0.25) is 5.91 Å². The molecule has 3 amide bonds. The number of hydrogen-bond acceptors (Lipinski definition) is 5. The average molecular weight is 482 g/mol. The number of ether oxygens (including phenoxy) is 1. The first-order valence-corrected chi connectivity index (χ1v) is 11.5. The van der Waals surface area contributed by atoms with Gasteiger partial charge in [-0.1, -0.05) is 51.4 Å². The third kappa shape index (κ3) is 5.79. The van der Waals surface area contributed by atoms with Crippen molar-refractivity contribution in [3.8, 4) is 0 Å². The molecular formula is C24H36ClN3O5. The molecular weight excluding hydrogens is 446 g/mol. The van der Waals surface area contributed by atoms with E-state index in [0.29, 0.717) is 24.5 Å². The van der Waals surface area contributed by atoms with Crippen molar-refractivity contribution in [1.82, 2.24) is 15.5 Å². The van der Waals surface area contributed by atoms with Gasteiger partial charge in [0.25, 0.3) is 0 Å². The summed E-state index contributed by atoms with van der Waals surface area (Å²) in [6.45, 7) is 11.2. The number of methoxy groups -OCH3 is 1. The van der Waals surface area contributed by atoms with Gasteiger partial charge in [0.1, 0.15) is 11.6 Å². The smallest absolute Gasteiger partial charge is 0.331 e. The molecule has 0 aromatic heterocycles. The van der Waals surface area contributed by atoms with Crippen molar-refractivity contribution in [2.75, 3.05) is 20.2 Å². The third-order valence-electron chi connectivity index (χ3n) is 6.42. The van der Waals surface area contributed by atoms with E-state index < -0.39 is 34.6 Å². The fourth-order valence-corrected chi connectivity index (χ4v) is 4.37. The Kier molecular flexibility index (Phi) is 8.07. The molecule has 0 aliphatic carbocycles. The predicted molar refractivity (Wildman–Crippen MR) is 127 cm³/mol. The van der Waals surface area contributed by atoms with Crippen LogP contribution in [-0.4, -0.2) is 59.7 Å². The first-order chi connectivity index (χ1) is 15.1. The second kappa shape index (κ2) is 9.89. The molecule has 9 heteroatoms. The van der Waals surface area contributed by atoms with Crippen LogP contribution in [0.3, 0.4) is 0 Å². The van der Waals surface area contributed by atoms with Gasteiger partial charge in [-0.15, -0.1) is 0 Å². The van der Waals surface area contributed by atoms with E-state index in [4.69, 9.17) is 16.3 Å². The normalized spacial score (nSPS) is 21.3. The highest BCUT2D eigenvalue weighted by atomic mass is 35.5. The molecule has 0 spiro atoms. The minimum Gasteiger partial charge on any atom is -0.467 e. The van der Waals surface area contributed by atoms with E-state index in [1.807, 2.05) is 39.8 Å². The number of benzene rings is 1. The van der Waals surface area contributed by atoms with Gasteiger partial charge in [-0.3, -0.25) is 4.79 Å². The van der Waals surface area contributed by atoms with E-state index in [-0.39, 0.29) is 11.8 Å². The summed E-state index contributed by atoms with van der Waals surface area (Å²) in [7, 11) is 1.24. The van der Waals surface area contributed by atoms with Crippen molar-refractivity contribution >= 4 is 29.5 Å². The summed E-state index contributed by atoms with van der Waals surface area (Å²) in [5.41, 5.74) is -2.26. The van der Waals surface area contributed by atoms with Crippen LogP contribution in [0.1, 0.15) is 53.5 Å². The van der Waals surface area contributed by atoms with E-state index >= 15 is 0 Å². The van der Waals surface area contributed by atoms with Crippen molar-refractivity contribution in [1.29, 1.82) is 0 Å². The molecule has 0 unspecified atom stereocenters. The average Bonchev–Trinajstić information content (AvgIpc) is 2.72. The Hall–Kier alpha value is -2.32. The topological polar surface area (TPSA) is 108 Å². The maximum absolute atomic E-state index is 13.4. The van der Waals surface area contributed by atoms with E-state index in [1.165, 1.54) is 21.0 Å². The monoisotopic (exact) mass is 481 g/mol. The van der Waals surface area contributed by atoms with E-state index in [1.54, 1.807) is 17.0 Å². The number of nitrogens with one attached hydrogen (secondary N) is 2. The summed E-state index contributed by atoms with van der Waals surface area (Å²) in [6, 6.07) is 5.69. The van der Waals surface area contributed by atoms with E-state index in [2.05, 4.69) is 10.6 Å². The molecule has 2 rings (SSSR count). The Morgan fingerprint density at radius 1 is 1.18 bits per heavy atom. The summed E-state index contributed by atoms with van der Waals surface area (Å²) in [5.74, 6) is -1.02. The SMILES string of the molecule is COC(=O)C(C)(C)NC(=O)N[C@@H](C(=O)N1CC[C@](O)(c2ccc(Cl)cc2)C(C)(C)C1)C(C)C. The zero-order chi connectivity index (χ0) is 25.2. The summed E-state index contributed by atoms with van der Waals surface area (Å²) < 4.78 is 4.71. The number of amides is 3. The molecule has 33 heavy (non-hydrogen) atoms. The molecule has 1 aliphatic rings. The summed E-state index contributed by atoms with van der Waals surface area (Å²) in [4.78, 5) is 39.5. The quantitative estimate of drug-likeness (QED) is 0.541. The van der Waals surface area contributed by atoms with Crippen LogP contribution >= 0.6 is 11.6 Å². The molecule has 0 bridgehead atoms. The molecule has 1 fully saturated rings. The van der Waals surface area contributed by atoms with Crippen LogP contribution in [0.5, 0.6) is 0 Å². The summed E-state index contributed by atoms with van der Waals surface area (Å²) in [6.07, 6.45) is 0.347. The van der Waals surface area contributed by atoms with Crippen molar-refractivity contribution in [2.24, 2.45) is 11.3 Å². The first kappa shape index (κ1) is 26.9. The van der Waals surface area contributed by atoms with Crippen LogP contribution in [0.2, 0.25) is 5.02 Å². The van der Waals surface area contributed by atoms with Crippen LogP contribution in [0, 0.1) is 11.3 Å². The number of nitrogens with zero attached hydrogens (tertiary/aromatic N) is 1. The van der Waals surface area contributed by atoms with Crippen molar-refractivity contribution in [2.45, 2.75) is 65.1 Å². The second-order valence-corrected chi connectivity index (χ2v) is 10.6. The highest BCUT2D eigenvalue weighted by Gasteiger charge is 2.50. The lowest BCUT2D eigenvalue weighted by Gasteiger charge is -2.51. The Labute approximate surface area is 201 Å². The molecule has 1 saturated heterocycles. The number of piperidine rings is 1. The Balaban J connectivity index is 2.16. The number of urea groups is 1. The number of halogens is 1. The highest BCUT2D eigenvalue weighted by molar-refractivity contribution is 6.30. The molecule has 1 aromatic carbocycles. The Morgan fingerprint density at radius 3 is 2.24 bits per heavy atom. The van der Waals surface area contributed by atoms with Crippen molar-refractivity contribution in [3.05, 3.63) is 34.9 Å². The molecule has 0 radical (unpaired) electrons. The van der Waals surface area contributed by atoms with Gasteiger partial charge in [-0.05, 0) is 43.9 Å². The zero-order valence-electron chi connectivity index (χ0n) is 20.5. The molecule has 2 atom stereocenters. The number of carbonyl (C=O) groups excluding carboxylic acids is 3. The summed E-state index contributed by atoms with van der Waals surface area (Å²) >= 11 is 6.00. The van der Waals surface area contributed by atoms with Crippen LogP contribution in [0.4, 0.5) is 4.79 Å². The zero-order valence-corrected chi connectivity index (χ0v) is 21.2. The van der Waals surface area contributed by atoms with Gasteiger partial charge in [0.15, 0.2) is 0 Å². The number of esters is 1. The number of aliphatic hydroxyl groups is 1. The summed E-state index contributed by atoms with van der Waals surface area (Å²) in [5, 5.41) is 17.4. The molecule has 1 heterocycles. The number of carbonyl (C=O) groups is 3. The van der Waals surface area contributed by atoms with Crippen LogP contribution in [0.15, 0.2) is 24.3 Å². The van der Waals surface area contributed by atoms with Gasteiger partial charge in [-0.2, -0.15) is 0 Å². The molecule has 0 saturated carbocycles. The minimum absolute atomic E-state index is 0.190. The van der Waals surface area contributed by atoms with Gasteiger partial charge < -0.3 is 25.4 Å². The molecule has 1 aliphatic heterocycles. The lowest BCUT2D eigenvalue weighted by molar-refractivity contribution is -0.155. The molecule has 184 valence electrons. The van der Waals surface area contributed by atoms with Crippen molar-refractivity contribution in [3.63, 3.8) is 0 Å². The highest BCUT2D eigenvalue weighted by Crippen LogP contribution is 2.46. The standard InChI is InChI=1S/C24H36ClN3O5/c1-15(2)18(26-21(31)27-23(5,6)20(30)33-7)19(29)28-13-12-24(32,22(3,4)14-28)16-8-10-17(25)11-9-16/h8-11,15,18,32H,12-14H2,1-7H3,(H2,26,27,31)/t18-,24+/m1/s1. The van der Waals surface area contributed by atoms with Crippen LogP contribution in [0.25, 0.3) is 0 Å². The van der Waals surface area contributed by atoms with E-state index in [0.717, 1.165) is 5.56 Å². The van der Waals surface area contributed by atoms with Gasteiger partial charge in [-0.25, -0.2) is 9.59 Å². The lowest BCUT2D eigenvalue weighted by Crippen LogP contribution is -2.62. The number of rotatable bonds is 6. The fourth-order valence-electron chi connectivity index (χ4n) is 4.25. The maximum atomic E-state index is 13.4. The molecule has 8 nitrogen and oxygen atoms in total. The van der Waals surface area contributed by atoms with Crippen molar-refractivity contribution < 1.29 is 24.2 Å². The Morgan fingerprint density at radius 2 is 1.76 bits per heavy atom. The molecule has 1 aromatic rings. The van der Waals surface area contributed by atoms with Crippen LogP contribution < -0.4 is 10.6 Å². The van der Waals surface area contributed by atoms with Gasteiger partial charge in [0.05, 0.1) is 12.7 Å². The van der Waals surface area contributed by atoms with Gasteiger partial charge in [0, 0.05) is 23.5 Å². The minimum atomic E-state index is -1.24.